The van der Waals surface area contributed by atoms with Crippen LogP contribution in [-0.4, -0.2) is 12.2 Å². The molecule has 0 unspecified atom stereocenters. The molecule has 0 bridgehead atoms. The second kappa shape index (κ2) is 14.4. The van der Waals surface area contributed by atoms with Crippen molar-refractivity contribution in [1.29, 1.82) is 0 Å². The van der Waals surface area contributed by atoms with Crippen LogP contribution in [0.3, 0.4) is 0 Å². The molecular formula is C42H53ClNO2Pd. The van der Waals surface area contributed by atoms with Crippen molar-refractivity contribution in [2.75, 3.05) is 5.73 Å². The summed E-state index contributed by atoms with van der Waals surface area (Å²) < 4.78 is 16.7. The van der Waals surface area contributed by atoms with Crippen LogP contribution in [0.2, 0.25) is 8.78 Å². The molecule has 0 radical (unpaired) electrons. The van der Waals surface area contributed by atoms with E-state index in [1.165, 1.54) is 57.7 Å². The molecule has 4 aromatic carbocycles. The van der Waals surface area contributed by atoms with Crippen LogP contribution in [-0.2, 0) is 13.3 Å². The number of benzene rings is 4. The number of anilines is 1. The molecule has 255 valence electrons. The van der Waals surface area contributed by atoms with Gasteiger partial charge in [-0.3, -0.25) is 0 Å². The quantitative estimate of drug-likeness (QED) is 0.130. The number of para-hydroxylation sites is 1. The predicted molar refractivity (Wildman–Crippen MR) is 198 cm³/mol. The maximum absolute atomic E-state index is 9.32. The first-order chi connectivity index (χ1) is 22.7. The Bertz CT molecular complexity index is 1620. The normalized spacial score (nSPS) is 17.4. The molecule has 2 N–H and O–H groups in total. The van der Waals surface area contributed by atoms with E-state index in [0.29, 0.717) is 8.78 Å². The maximum atomic E-state index is 9.32. The van der Waals surface area contributed by atoms with E-state index in [-0.39, 0.29) is 12.2 Å². The van der Waals surface area contributed by atoms with E-state index in [1.54, 1.807) is 0 Å². The van der Waals surface area contributed by atoms with Crippen LogP contribution < -0.4 is 23.3 Å². The van der Waals surface area contributed by atoms with E-state index in [9.17, 15) is 9.53 Å². The third kappa shape index (κ3) is 6.27. The van der Waals surface area contributed by atoms with Crippen LogP contribution in [0.5, 0.6) is 11.5 Å². The summed E-state index contributed by atoms with van der Waals surface area (Å²) >= 11 is -4.14. The van der Waals surface area contributed by atoms with Gasteiger partial charge in [0.25, 0.3) is 0 Å². The number of ether oxygens (including phenoxy) is 2. The van der Waals surface area contributed by atoms with E-state index in [1.807, 2.05) is 12.1 Å². The third-order valence-electron chi connectivity index (χ3n) is 9.63. The minimum absolute atomic E-state index is 0.0163. The molecule has 0 atom stereocenters. The zero-order valence-corrected chi connectivity index (χ0v) is 30.9. The van der Waals surface area contributed by atoms with Gasteiger partial charge in [-0.15, -0.1) is 0 Å². The van der Waals surface area contributed by atoms with Gasteiger partial charge in [-0.2, -0.15) is 0 Å². The van der Waals surface area contributed by atoms with Crippen molar-refractivity contribution in [3.63, 3.8) is 0 Å². The number of nitrogens with two attached hydrogens (primary N) is 1. The summed E-state index contributed by atoms with van der Waals surface area (Å²) in [6.07, 6.45) is 12.1. The Morgan fingerprint density at radius 2 is 0.979 bits per heavy atom. The summed E-state index contributed by atoms with van der Waals surface area (Å²) in [5, 5.41) is 0. The molecule has 6 rings (SSSR count). The Morgan fingerprint density at radius 1 is 0.553 bits per heavy atom. The van der Waals surface area contributed by atoms with Gasteiger partial charge in [0, 0.05) is 0 Å². The molecule has 5 heteroatoms. The van der Waals surface area contributed by atoms with Crippen LogP contribution in [0.15, 0.2) is 91.0 Å². The predicted octanol–water partition coefficient (Wildman–Crippen LogP) is 11.5. The van der Waals surface area contributed by atoms with Gasteiger partial charge < -0.3 is 0 Å². The average Bonchev–Trinajstić information content (AvgIpc) is 3.09. The Labute approximate surface area is 288 Å². The van der Waals surface area contributed by atoms with E-state index in [4.69, 9.17) is 15.2 Å². The molecular weight excluding hydrogens is 692 g/mol. The molecule has 2 saturated carbocycles. The molecule has 2 aliphatic rings. The van der Waals surface area contributed by atoms with Crippen molar-refractivity contribution >= 4 is 23.3 Å². The standard InChI is InChI=1S/C18H21O2.C12H10N.2C6H11.ClH.Pd/c1-13(2)19-16-11-8-12-17(20-14(3)4)18(16)15-9-6-5-7-10-15;13-12-9-5-4-8-11(12)10-6-2-1-3-7-10;2*1-2-4-6-5-3-1;;/h5-9,11-14H,1-4H3;1-6,8-9H,13H2;2*1H,2-6H2;1H;/q;;;;;+1/p-1. The van der Waals surface area contributed by atoms with Crippen molar-refractivity contribution in [2.45, 2.75) is 113 Å². The van der Waals surface area contributed by atoms with Crippen LogP contribution in [0.1, 0.15) is 91.9 Å². The summed E-state index contributed by atoms with van der Waals surface area (Å²) in [6.45, 7) is 8.39. The number of rotatable bonds is 10. The summed E-state index contributed by atoms with van der Waals surface area (Å²) in [6, 6.07) is 32.8. The first-order valence-electron chi connectivity index (χ1n) is 17.6. The zero-order valence-electron chi connectivity index (χ0n) is 28.6. The van der Waals surface area contributed by atoms with Crippen molar-refractivity contribution < 1.29 is 22.8 Å². The molecule has 0 amide bonds. The van der Waals surface area contributed by atoms with Crippen LogP contribution in [0.25, 0.3) is 22.3 Å². The fraction of sp³-hybridized carbons (Fsp3) is 0.429. The van der Waals surface area contributed by atoms with Crippen LogP contribution >= 0.6 is 9.53 Å². The first kappa shape index (κ1) is 34.1. The molecule has 0 aromatic heterocycles. The van der Waals surface area contributed by atoms with E-state index >= 15 is 0 Å². The minimum atomic E-state index is -4.14. The van der Waals surface area contributed by atoms with Crippen LogP contribution in [0, 0.1) is 0 Å². The first-order valence-corrected chi connectivity index (χ1v) is 23.0. The van der Waals surface area contributed by atoms with Crippen LogP contribution in [0.4, 0.5) is 5.69 Å². The van der Waals surface area contributed by atoms with E-state index < -0.39 is 13.3 Å². The van der Waals surface area contributed by atoms with Gasteiger partial charge in [-0.1, -0.05) is 0 Å². The topological polar surface area (TPSA) is 44.5 Å². The molecule has 4 aromatic rings. The molecule has 0 aliphatic heterocycles. The van der Waals surface area contributed by atoms with Crippen molar-refractivity contribution in [3.05, 3.63) is 91.0 Å². The van der Waals surface area contributed by atoms with Gasteiger partial charge in [0.1, 0.15) is 0 Å². The Balaban J connectivity index is 1.77. The molecule has 47 heavy (non-hydrogen) atoms. The monoisotopic (exact) mass is 744 g/mol. The van der Waals surface area contributed by atoms with Crippen molar-refractivity contribution in [3.8, 4) is 33.8 Å². The summed E-state index contributed by atoms with van der Waals surface area (Å²) in [5.74, 6) is 1.70. The van der Waals surface area contributed by atoms with Gasteiger partial charge in [0.2, 0.25) is 0 Å². The Hall–Kier alpha value is -2.77. The third-order valence-corrected chi connectivity index (χ3v) is 25.0. The molecule has 0 spiro atoms. The van der Waals surface area contributed by atoms with Gasteiger partial charge >= 0.3 is 289 Å². The fourth-order valence-corrected chi connectivity index (χ4v) is 23.3. The van der Waals surface area contributed by atoms with Crippen molar-refractivity contribution in [1.82, 2.24) is 0 Å². The average molecular weight is 746 g/mol. The zero-order chi connectivity index (χ0) is 33.0. The number of halogens is 1. The SMILES string of the molecule is CC(C)Oc1cccc(OC(C)C)c1-c1cccc[c]1[Pd]([Cl])([c]1ccccc1-c1ccccc1N)([CH]1CCCCC1)[CH]1CCCCC1. The fourth-order valence-electron chi connectivity index (χ4n) is 7.72. The molecule has 3 nitrogen and oxygen atoms in total. The van der Waals surface area contributed by atoms with Gasteiger partial charge in [-0.05, 0) is 0 Å². The molecule has 0 saturated heterocycles. The summed E-state index contributed by atoms with van der Waals surface area (Å²) in [5.41, 5.74) is 12.1. The van der Waals surface area contributed by atoms with Gasteiger partial charge in [0.15, 0.2) is 0 Å². The van der Waals surface area contributed by atoms with E-state index in [2.05, 4.69) is 107 Å². The number of hydrogen-bond donors (Lipinski definition) is 1. The molecule has 0 heterocycles. The van der Waals surface area contributed by atoms with Gasteiger partial charge in [-0.25, -0.2) is 0 Å². The van der Waals surface area contributed by atoms with Gasteiger partial charge in [0.05, 0.1) is 0 Å². The molecule has 2 aliphatic carbocycles. The summed E-state index contributed by atoms with van der Waals surface area (Å²) in [7, 11) is 9.32. The second-order valence-corrected chi connectivity index (χ2v) is 24.8. The van der Waals surface area contributed by atoms with E-state index in [0.717, 1.165) is 54.0 Å². The Kier molecular flexibility index (Phi) is 10.4. The Morgan fingerprint density at radius 3 is 1.47 bits per heavy atom. The van der Waals surface area contributed by atoms with Crippen molar-refractivity contribution in [2.24, 2.45) is 0 Å². The number of nitrogen functional groups attached to an aromatic ring is 1. The summed E-state index contributed by atoms with van der Waals surface area (Å²) in [4.78, 5) is 0. The second-order valence-electron chi connectivity index (χ2n) is 13.6. The number of hydrogen-bond acceptors (Lipinski definition) is 3. The molecule has 2 fully saturated rings.